The zero-order valence-electron chi connectivity index (χ0n) is 5.25. The van der Waals surface area contributed by atoms with E-state index in [1.54, 1.807) is 0 Å². The minimum atomic E-state index is -3.67. The molecule has 2 nitrogen and oxygen atoms in total. The van der Waals surface area contributed by atoms with Crippen molar-refractivity contribution in [2.24, 2.45) is 0 Å². The Labute approximate surface area is 72.0 Å². The SMILES string of the molecule is O=S(=O)(Cl)c1ccc(CF)s1. The lowest BCUT2D eigenvalue weighted by Gasteiger charge is -1.85. The van der Waals surface area contributed by atoms with Crippen molar-refractivity contribution in [1.29, 1.82) is 0 Å². The second kappa shape index (κ2) is 3.08. The lowest BCUT2D eigenvalue weighted by Crippen LogP contribution is -1.83. The lowest BCUT2D eigenvalue weighted by atomic mass is 10.5. The third-order valence-electron chi connectivity index (χ3n) is 1.01. The standard InChI is InChI=1S/C5H4ClFO2S2/c6-11(8,9)5-2-1-4(3-7)10-5/h1-2H,3H2. The Morgan fingerprint density at radius 3 is 2.45 bits per heavy atom. The van der Waals surface area contributed by atoms with Crippen molar-refractivity contribution in [3.05, 3.63) is 17.0 Å². The van der Waals surface area contributed by atoms with Gasteiger partial charge < -0.3 is 0 Å². The van der Waals surface area contributed by atoms with Gasteiger partial charge >= 0.3 is 0 Å². The lowest BCUT2D eigenvalue weighted by molar-refractivity contribution is 0.491. The molecule has 0 aliphatic carbocycles. The summed E-state index contributed by atoms with van der Waals surface area (Å²) in [5.74, 6) is 0. The highest BCUT2D eigenvalue weighted by Gasteiger charge is 2.12. The highest BCUT2D eigenvalue weighted by molar-refractivity contribution is 8.15. The number of rotatable bonds is 2. The molecule has 0 aromatic carbocycles. The molecule has 0 aliphatic heterocycles. The molecule has 0 aliphatic rings. The maximum Gasteiger partial charge on any atom is 0.270 e. The summed E-state index contributed by atoms with van der Waals surface area (Å²) in [7, 11) is 1.32. The van der Waals surface area contributed by atoms with Gasteiger partial charge in [-0.1, -0.05) is 0 Å². The van der Waals surface area contributed by atoms with Crippen molar-refractivity contribution >= 4 is 31.1 Å². The number of hydrogen-bond acceptors (Lipinski definition) is 3. The van der Waals surface area contributed by atoms with Crippen LogP contribution in [0.1, 0.15) is 4.88 Å². The maximum absolute atomic E-state index is 11.9. The monoisotopic (exact) mass is 214 g/mol. The quantitative estimate of drug-likeness (QED) is 0.707. The predicted octanol–water partition coefficient (Wildman–Crippen LogP) is 2.15. The summed E-state index contributed by atoms with van der Waals surface area (Å²) < 4.78 is 33.1. The topological polar surface area (TPSA) is 34.1 Å². The third-order valence-corrected chi connectivity index (χ3v) is 4.15. The van der Waals surface area contributed by atoms with Gasteiger partial charge in [0.15, 0.2) is 0 Å². The highest BCUT2D eigenvalue weighted by atomic mass is 35.7. The molecule has 11 heavy (non-hydrogen) atoms. The van der Waals surface area contributed by atoms with E-state index >= 15 is 0 Å². The molecule has 0 fully saturated rings. The summed E-state index contributed by atoms with van der Waals surface area (Å²) in [6.07, 6.45) is 0. The van der Waals surface area contributed by atoms with E-state index in [2.05, 4.69) is 0 Å². The average Bonchev–Trinajstić information content (AvgIpc) is 2.32. The van der Waals surface area contributed by atoms with Crippen LogP contribution in [-0.4, -0.2) is 8.42 Å². The van der Waals surface area contributed by atoms with Gasteiger partial charge in [0.25, 0.3) is 9.05 Å². The van der Waals surface area contributed by atoms with Gasteiger partial charge in [-0.3, -0.25) is 0 Å². The summed E-state index contributed by atoms with van der Waals surface area (Å²) in [6.45, 7) is -0.656. The molecule has 0 spiro atoms. The second-order valence-electron chi connectivity index (χ2n) is 1.79. The van der Waals surface area contributed by atoms with E-state index in [1.807, 2.05) is 0 Å². The van der Waals surface area contributed by atoms with Crippen LogP contribution in [0.3, 0.4) is 0 Å². The van der Waals surface area contributed by atoms with Crippen LogP contribution < -0.4 is 0 Å². The van der Waals surface area contributed by atoms with Crippen LogP contribution >= 0.6 is 22.0 Å². The van der Waals surface area contributed by atoms with Crippen molar-refractivity contribution < 1.29 is 12.8 Å². The fourth-order valence-electron chi connectivity index (χ4n) is 0.561. The van der Waals surface area contributed by atoms with Crippen LogP contribution in [0.25, 0.3) is 0 Å². The number of alkyl halides is 1. The molecular formula is C5H4ClFO2S2. The maximum atomic E-state index is 11.9. The van der Waals surface area contributed by atoms with Crippen molar-refractivity contribution in [1.82, 2.24) is 0 Å². The van der Waals surface area contributed by atoms with Gasteiger partial charge in [0.05, 0.1) is 0 Å². The van der Waals surface area contributed by atoms with E-state index < -0.39 is 15.7 Å². The molecule has 0 saturated carbocycles. The van der Waals surface area contributed by atoms with E-state index in [4.69, 9.17) is 10.7 Å². The summed E-state index contributed by atoms with van der Waals surface area (Å²) in [5, 5.41) is 0. The Morgan fingerprint density at radius 2 is 2.18 bits per heavy atom. The Kier molecular flexibility index (Phi) is 2.51. The van der Waals surface area contributed by atoms with Crippen molar-refractivity contribution in [2.75, 3.05) is 0 Å². The van der Waals surface area contributed by atoms with Crippen LogP contribution in [-0.2, 0) is 15.7 Å². The number of hydrogen-bond donors (Lipinski definition) is 0. The molecule has 1 aromatic rings. The molecular weight excluding hydrogens is 211 g/mol. The molecule has 6 heteroatoms. The van der Waals surface area contributed by atoms with Crippen LogP contribution in [0.4, 0.5) is 4.39 Å². The van der Waals surface area contributed by atoms with E-state index in [-0.39, 0.29) is 4.21 Å². The number of thiophene rings is 1. The highest BCUT2D eigenvalue weighted by Crippen LogP contribution is 2.24. The first-order chi connectivity index (χ1) is 5.04. The Bertz CT molecular complexity index is 343. The first-order valence-corrected chi connectivity index (χ1v) is 5.76. The molecule has 62 valence electrons. The summed E-state index contributed by atoms with van der Waals surface area (Å²) in [4.78, 5) is 0.365. The number of halogens is 2. The van der Waals surface area contributed by atoms with Crippen molar-refractivity contribution in [3.63, 3.8) is 0 Å². The van der Waals surface area contributed by atoms with Crippen LogP contribution in [0, 0.1) is 0 Å². The van der Waals surface area contributed by atoms with Crippen LogP contribution in [0.5, 0.6) is 0 Å². The van der Waals surface area contributed by atoms with Crippen molar-refractivity contribution in [3.8, 4) is 0 Å². The van der Waals surface area contributed by atoms with Crippen LogP contribution in [0.15, 0.2) is 16.3 Å². The minimum Gasteiger partial charge on any atom is -0.245 e. The molecule has 0 saturated heterocycles. The molecule has 0 radical (unpaired) electrons. The Hall–Kier alpha value is -0.130. The van der Waals surface area contributed by atoms with Gasteiger partial charge in [-0.2, -0.15) is 0 Å². The molecule has 1 heterocycles. The largest absolute Gasteiger partial charge is 0.270 e. The van der Waals surface area contributed by atoms with Crippen molar-refractivity contribution in [2.45, 2.75) is 10.9 Å². The fraction of sp³-hybridized carbons (Fsp3) is 0.200. The summed E-state index contributed by atoms with van der Waals surface area (Å²) >= 11 is 0.845. The van der Waals surface area contributed by atoms with E-state index in [0.717, 1.165) is 11.3 Å². The van der Waals surface area contributed by atoms with Gasteiger partial charge in [0.1, 0.15) is 10.9 Å². The zero-order valence-corrected chi connectivity index (χ0v) is 7.64. The van der Waals surface area contributed by atoms with Gasteiger partial charge in [-0.25, -0.2) is 12.8 Å². The van der Waals surface area contributed by atoms with Gasteiger partial charge in [-0.15, -0.1) is 11.3 Å². The molecule has 0 unspecified atom stereocenters. The molecule has 0 amide bonds. The summed E-state index contributed by atoms with van der Waals surface area (Å²) in [6, 6.07) is 2.70. The predicted molar refractivity (Wildman–Crippen MR) is 42.2 cm³/mol. The van der Waals surface area contributed by atoms with Crippen LogP contribution in [0.2, 0.25) is 0 Å². The van der Waals surface area contributed by atoms with Gasteiger partial charge in [0, 0.05) is 15.6 Å². The molecule has 0 N–H and O–H groups in total. The minimum absolute atomic E-state index is 0.00758. The smallest absolute Gasteiger partial charge is 0.245 e. The first kappa shape index (κ1) is 8.96. The van der Waals surface area contributed by atoms with E-state index in [1.165, 1.54) is 12.1 Å². The Balaban J connectivity index is 3.09. The third kappa shape index (κ3) is 2.15. The van der Waals surface area contributed by atoms with Gasteiger partial charge in [0.2, 0.25) is 0 Å². The molecule has 0 atom stereocenters. The molecule has 1 rings (SSSR count). The second-order valence-corrected chi connectivity index (χ2v) is 5.75. The van der Waals surface area contributed by atoms with Gasteiger partial charge in [-0.05, 0) is 12.1 Å². The molecule has 1 aromatic heterocycles. The zero-order chi connectivity index (χ0) is 8.48. The van der Waals surface area contributed by atoms with E-state index in [9.17, 15) is 12.8 Å². The van der Waals surface area contributed by atoms with E-state index in [0.29, 0.717) is 4.88 Å². The normalized spacial score (nSPS) is 11.8. The Morgan fingerprint density at radius 1 is 1.55 bits per heavy atom. The molecule has 0 bridgehead atoms. The first-order valence-electron chi connectivity index (χ1n) is 2.63. The average molecular weight is 215 g/mol. The summed E-state index contributed by atoms with van der Waals surface area (Å²) in [5.41, 5.74) is 0. The fourth-order valence-corrected chi connectivity index (χ4v) is 2.53.